The van der Waals surface area contributed by atoms with Crippen molar-refractivity contribution < 1.29 is 4.42 Å². The molecule has 0 spiro atoms. The van der Waals surface area contributed by atoms with Crippen LogP contribution < -0.4 is 5.32 Å². The average Bonchev–Trinajstić information content (AvgIpc) is 2.94. The maximum Gasteiger partial charge on any atom is 0.196 e. The van der Waals surface area contributed by atoms with Crippen LogP contribution in [0.3, 0.4) is 0 Å². The number of nitrogens with one attached hydrogen (secondary N) is 1. The Labute approximate surface area is 126 Å². The van der Waals surface area contributed by atoms with Crippen LogP contribution in [-0.4, -0.2) is 17.6 Å². The summed E-state index contributed by atoms with van der Waals surface area (Å²) in [7, 11) is 0. The summed E-state index contributed by atoms with van der Waals surface area (Å²) in [5.41, 5.74) is 0. The van der Waals surface area contributed by atoms with Crippen LogP contribution >= 0.6 is 43.2 Å². The summed E-state index contributed by atoms with van der Waals surface area (Å²) < 4.78 is 7.88. The van der Waals surface area contributed by atoms with E-state index in [2.05, 4.69) is 42.2 Å². The Morgan fingerprint density at radius 3 is 2.94 bits per heavy atom. The Morgan fingerprint density at radius 1 is 1.44 bits per heavy atom. The van der Waals surface area contributed by atoms with Crippen LogP contribution in [0, 0.1) is 0 Å². The van der Waals surface area contributed by atoms with Crippen LogP contribution in [0.5, 0.6) is 0 Å². The molecule has 1 N–H and O–H groups in total. The third kappa shape index (κ3) is 3.04. The highest BCUT2D eigenvalue weighted by Gasteiger charge is 2.20. The van der Waals surface area contributed by atoms with Gasteiger partial charge in [-0.3, -0.25) is 0 Å². The Bertz CT molecular complexity index is 529. The molecule has 1 saturated carbocycles. The fourth-order valence-electron chi connectivity index (χ4n) is 1.68. The van der Waals surface area contributed by atoms with E-state index < -0.39 is 0 Å². The molecule has 3 rings (SSSR count). The van der Waals surface area contributed by atoms with Gasteiger partial charge in [-0.1, -0.05) is 0 Å². The van der Waals surface area contributed by atoms with Crippen LogP contribution in [0.4, 0.5) is 0 Å². The summed E-state index contributed by atoms with van der Waals surface area (Å²) in [5.74, 6) is 1.65. The SMILES string of the molecule is Brc1cc(-c2cnc(CCNC3CC3)o2)sc1Br. The summed E-state index contributed by atoms with van der Waals surface area (Å²) in [6.07, 6.45) is 5.28. The standard InChI is InChI=1S/C12H12Br2N2OS/c13-8-5-10(18-12(8)14)9-6-16-11(17-9)3-4-15-7-1-2-7/h5-7,15H,1-4H2. The van der Waals surface area contributed by atoms with Crippen LogP contribution in [0.25, 0.3) is 10.6 Å². The second-order valence-corrected chi connectivity index (χ2v) is 7.55. The minimum atomic E-state index is 0.739. The summed E-state index contributed by atoms with van der Waals surface area (Å²) in [4.78, 5) is 5.40. The smallest absolute Gasteiger partial charge is 0.196 e. The largest absolute Gasteiger partial charge is 0.440 e. The maximum atomic E-state index is 5.76. The molecule has 0 bridgehead atoms. The number of halogens is 2. The molecule has 18 heavy (non-hydrogen) atoms. The lowest BCUT2D eigenvalue weighted by Crippen LogP contribution is -2.19. The fourth-order valence-corrected chi connectivity index (χ4v) is 3.66. The predicted octanol–water partition coefficient (Wildman–Crippen LogP) is 4.22. The van der Waals surface area contributed by atoms with Gasteiger partial charge in [0.15, 0.2) is 11.7 Å². The average molecular weight is 392 g/mol. The lowest BCUT2D eigenvalue weighted by molar-refractivity contribution is 0.495. The van der Waals surface area contributed by atoms with Crippen molar-refractivity contribution >= 4 is 43.2 Å². The molecule has 0 saturated heterocycles. The van der Waals surface area contributed by atoms with Gasteiger partial charge in [-0.25, -0.2) is 4.98 Å². The minimum Gasteiger partial charge on any atom is -0.440 e. The fraction of sp³-hybridized carbons (Fsp3) is 0.417. The van der Waals surface area contributed by atoms with Crippen molar-refractivity contribution in [3.63, 3.8) is 0 Å². The van der Waals surface area contributed by atoms with Gasteiger partial charge < -0.3 is 9.73 Å². The van der Waals surface area contributed by atoms with Crippen LogP contribution in [0.2, 0.25) is 0 Å². The first kappa shape index (κ1) is 12.8. The second kappa shape index (κ2) is 5.45. The molecule has 2 aromatic rings. The van der Waals surface area contributed by atoms with E-state index in [1.807, 2.05) is 6.07 Å². The number of nitrogens with zero attached hydrogens (tertiary/aromatic N) is 1. The molecular formula is C12H12Br2N2OS. The summed E-state index contributed by atoms with van der Waals surface area (Å²) in [6, 6.07) is 2.78. The van der Waals surface area contributed by atoms with E-state index in [1.54, 1.807) is 17.5 Å². The highest BCUT2D eigenvalue weighted by molar-refractivity contribution is 9.13. The molecule has 0 aromatic carbocycles. The highest BCUT2D eigenvalue weighted by atomic mass is 79.9. The van der Waals surface area contributed by atoms with Gasteiger partial charge in [0.25, 0.3) is 0 Å². The molecule has 3 nitrogen and oxygen atoms in total. The van der Waals surface area contributed by atoms with Gasteiger partial charge >= 0.3 is 0 Å². The molecule has 1 fully saturated rings. The molecule has 0 amide bonds. The monoisotopic (exact) mass is 390 g/mol. The Morgan fingerprint density at radius 2 is 2.28 bits per heavy atom. The van der Waals surface area contributed by atoms with Crippen molar-refractivity contribution in [2.24, 2.45) is 0 Å². The van der Waals surface area contributed by atoms with Gasteiger partial charge in [0.2, 0.25) is 0 Å². The second-order valence-electron chi connectivity index (χ2n) is 4.33. The van der Waals surface area contributed by atoms with Crippen LogP contribution in [0.15, 0.2) is 24.9 Å². The Balaban J connectivity index is 1.64. The maximum absolute atomic E-state index is 5.76. The zero-order valence-electron chi connectivity index (χ0n) is 9.58. The summed E-state index contributed by atoms with van der Waals surface area (Å²) in [5, 5.41) is 3.45. The number of hydrogen-bond donors (Lipinski definition) is 1. The highest BCUT2D eigenvalue weighted by Crippen LogP contribution is 2.38. The predicted molar refractivity (Wildman–Crippen MR) is 79.9 cm³/mol. The third-order valence-corrected chi connectivity index (χ3v) is 6.06. The third-order valence-electron chi connectivity index (χ3n) is 2.79. The van der Waals surface area contributed by atoms with Gasteiger partial charge in [-0.2, -0.15) is 0 Å². The summed E-state index contributed by atoms with van der Waals surface area (Å²) in [6.45, 7) is 0.947. The molecule has 2 aromatic heterocycles. The normalized spacial score (nSPS) is 15.2. The van der Waals surface area contributed by atoms with Crippen molar-refractivity contribution in [3.8, 4) is 10.6 Å². The Hall–Kier alpha value is -0.170. The molecule has 0 atom stereocenters. The topological polar surface area (TPSA) is 38.1 Å². The van der Waals surface area contributed by atoms with Crippen molar-refractivity contribution in [1.29, 1.82) is 0 Å². The van der Waals surface area contributed by atoms with E-state index in [-0.39, 0.29) is 0 Å². The Kier molecular flexibility index (Phi) is 3.89. The lowest BCUT2D eigenvalue weighted by atomic mass is 10.4. The van der Waals surface area contributed by atoms with E-state index in [0.29, 0.717) is 0 Å². The van der Waals surface area contributed by atoms with Crippen molar-refractivity contribution in [2.75, 3.05) is 6.54 Å². The zero-order valence-corrected chi connectivity index (χ0v) is 13.6. The number of rotatable bonds is 5. The molecule has 1 aliphatic rings. The van der Waals surface area contributed by atoms with E-state index in [4.69, 9.17) is 4.42 Å². The molecule has 0 unspecified atom stereocenters. The van der Waals surface area contributed by atoms with Crippen molar-refractivity contribution in [1.82, 2.24) is 10.3 Å². The number of oxazole rings is 1. The van der Waals surface area contributed by atoms with E-state index in [1.165, 1.54) is 12.8 Å². The van der Waals surface area contributed by atoms with Crippen molar-refractivity contribution in [3.05, 3.63) is 26.4 Å². The zero-order chi connectivity index (χ0) is 12.5. The van der Waals surface area contributed by atoms with Gasteiger partial charge in [0.1, 0.15) is 0 Å². The summed E-state index contributed by atoms with van der Waals surface area (Å²) >= 11 is 8.60. The minimum absolute atomic E-state index is 0.739. The molecule has 2 heterocycles. The molecule has 1 aliphatic carbocycles. The number of aromatic nitrogens is 1. The van der Waals surface area contributed by atoms with Crippen LogP contribution in [-0.2, 0) is 6.42 Å². The van der Waals surface area contributed by atoms with E-state index in [0.717, 1.165) is 43.8 Å². The first-order chi connectivity index (χ1) is 8.72. The van der Waals surface area contributed by atoms with Gasteiger partial charge in [-0.05, 0) is 50.8 Å². The molecule has 6 heteroatoms. The van der Waals surface area contributed by atoms with Gasteiger partial charge in [0, 0.05) is 23.5 Å². The molecule has 0 aliphatic heterocycles. The molecular weight excluding hydrogens is 380 g/mol. The molecule has 96 valence electrons. The molecule has 0 radical (unpaired) electrons. The first-order valence-corrected chi connectivity index (χ1v) is 8.26. The number of hydrogen-bond acceptors (Lipinski definition) is 4. The van der Waals surface area contributed by atoms with Crippen LogP contribution in [0.1, 0.15) is 18.7 Å². The van der Waals surface area contributed by atoms with Crippen molar-refractivity contribution in [2.45, 2.75) is 25.3 Å². The van der Waals surface area contributed by atoms with E-state index in [9.17, 15) is 0 Å². The van der Waals surface area contributed by atoms with Gasteiger partial charge in [0.05, 0.1) is 14.9 Å². The first-order valence-electron chi connectivity index (χ1n) is 5.85. The van der Waals surface area contributed by atoms with E-state index >= 15 is 0 Å². The quantitative estimate of drug-likeness (QED) is 0.828. The van der Waals surface area contributed by atoms with Gasteiger partial charge in [-0.15, -0.1) is 11.3 Å². The lowest BCUT2D eigenvalue weighted by Gasteiger charge is -1.98. The number of thiophene rings is 1.